The first-order valence-electron chi connectivity index (χ1n) is 7.22. The Bertz CT molecular complexity index is 803. The Morgan fingerprint density at radius 3 is 2.76 bits per heavy atom. The summed E-state index contributed by atoms with van der Waals surface area (Å²) in [5.74, 6) is -0.537. The average Bonchev–Trinajstić information content (AvgIpc) is 2.97. The molecule has 3 N–H and O–H groups in total. The molecule has 1 heterocycles. The fraction of sp³-hybridized carbons (Fsp3) is 0.0625. The van der Waals surface area contributed by atoms with E-state index < -0.39 is 11.9 Å². The molecule has 0 bridgehead atoms. The van der Waals surface area contributed by atoms with Gasteiger partial charge in [-0.2, -0.15) is 5.06 Å². The molecule has 2 aromatic carbocycles. The predicted octanol–water partition coefficient (Wildman–Crippen LogP) is 3.05. The van der Waals surface area contributed by atoms with E-state index in [4.69, 9.17) is 27.1 Å². The second kappa shape index (κ2) is 7.29. The molecule has 0 spiro atoms. The molecule has 7 nitrogen and oxygen atoms in total. The van der Waals surface area contributed by atoms with Gasteiger partial charge in [-0.25, -0.2) is 9.18 Å². The van der Waals surface area contributed by atoms with Crippen LogP contribution in [0.2, 0.25) is 5.02 Å². The molecular weight excluding hydrogens is 351 g/mol. The minimum Gasteiger partial charge on any atom is -0.379 e. The number of anilines is 1. The van der Waals surface area contributed by atoms with Crippen LogP contribution in [-0.4, -0.2) is 11.3 Å². The summed E-state index contributed by atoms with van der Waals surface area (Å²) >= 11 is 5.73. The second-order valence-electron chi connectivity index (χ2n) is 5.03. The lowest BCUT2D eigenvalue weighted by molar-refractivity contribution is -0.299. The van der Waals surface area contributed by atoms with Crippen molar-refractivity contribution in [2.45, 2.75) is 6.54 Å². The largest absolute Gasteiger partial charge is 0.434 e. The van der Waals surface area contributed by atoms with Gasteiger partial charge in [-0.15, -0.1) is 4.94 Å². The highest BCUT2D eigenvalue weighted by Gasteiger charge is 2.26. The number of hydrogen-bond donors (Lipinski definition) is 2. The standard InChI is InChI=1S/C16H14ClFN4O3/c17-13-8-12(6-7-14(13)18)21-10-15(19)22(25-21)24-16(23)20-9-11-4-2-1-3-5-11/h1-8,10H,9,19H2,(H,20,23). The topological polar surface area (TPSA) is 80.1 Å². The molecule has 0 atom stereocenters. The van der Waals surface area contributed by atoms with E-state index in [9.17, 15) is 9.18 Å². The molecule has 0 fully saturated rings. The number of carbonyl (C=O) groups excluding carboxylic acids is 1. The number of amides is 1. The third-order valence-corrected chi connectivity index (χ3v) is 3.52. The maximum absolute atomic E-state index is 13.2. The van der Waals surface area contributed by atoms with E-state index in [1.807, 2.05) is 30.3 Å². The molecule has 0 radical (unpaired) electrons. The smallest absolute Gasteiger partial charge is 0.379 e. The number of benzene rings is 2. The van der Waals surface area contributed by atoms with E-state index in [2.05, 4.69) is 5.32 Å². The monoisotopic (exact) mass is 364 g/mol. The number of nitrogens with one attached hydrogen (secondary N) is 1. The number of hydroxylamine groups is 3. The fourth-order valence-electron chi connectivity index (χ4n) is 2.01. The third-order valence-electron chi connectivity index (χ3n) is 3.23. The van der Waals surface area contributed by atoms with Crippen LogP contribution in [0.1, 0.15) is 5.56 Å². The maximum atomic E-state index is 13.2. The summed E-state index contributed by atoms with van der Waals surface area (Å²) in [6.45, 7) is 0.286. The van der Waals surface area contributed by atoms with Crippen LogP contribution in [0.4, 0.5) is 14.9 Å². The molecule has 1 aliphatic heterocycles. The molecule has 0 aromatic heterocycles. The van der Waals surface area contributed by atoms with Crippen LogP contribution in [0.5, 0.6) is 0 Å². The van der Waals surface area contributed by atoms with Gasteiger partial charge in [0, 0.05) is 6.54 Å². The zero-order valence-corrected chi connectivity index (χ0v) is 13.6. The first-order chi connectivity index (χ1) is 12.0. The van der Waals surface area contributed by atoms with Crippen LogP contribution >= 0.6 is 11.6 Å². The van der Waals surface area contributed by atoms with Gasteiger partial charge in [0.2, 0.25) is 0 Å². The zero-order chi connectivity index (χ0) is 17.8. The summed E-state index contributed by atoms with van der Waals surface area (Å²) in [6.07, 6.45) is 0.604. The first-order valence-corrected chi connectivity index (χ1v) is 7.60. The minimum atomic E-state index is -0.751. The quantitative estimate of drug-likeness (QED) is 0.868. The predicted molar refractivity (Wildman–Crippen MR) is 88.8 cm³/mol. The zero-order valence-electron chi connectivity index (χ0n) is 12.9. The van der Waals surface area contributed by atoms with Gasteiger partial charge in [0.25, 0.3) is 0 Å². The van der Waals surface area contributed by atoms with Crippen LogP contribution in [0.3, 0.4) is 0 Å². The minimum absolute atomic E-state index is 0.0234. The van der Waals surface area contributed by atoms with Crippen molar-refractivity contribution in [3.05, 3.63) is 77.0 Å². The fourth-order valence-corrected chi connectivity index (χ4v) is 2.18. The molecule has 0 saturated carbocycles. The Morgan fingerprint density at radius 1 is 1.28 bits per heavy atom. The maximum Gasteiger partial charge on any atom is 0.434 e. The Balaban J connectivity index is 1.56. The molecule has 130 valence electrons. The number of rotatable bonds is 4. The summed E-state index contributed by atoms with van der Waals surface area (Å²) < 4.78 is 13.2. The van der Waals surface area contributed by atoms with Gasteiger partial charge in [0.15, 0.2) is 5.82 Å². The molecule has 3 rings (SSSR count). The summed E-state index contributed by atoms with van der Waals surface area (Å²) in [5, 5.41) is 4.41. The van der Waals surface area contributed by atoms with E-state index in [-0.39, 0.29) is 17.4 Å². The van der Waals surface area contributed by atoms with Crippen molar-refractivity contribution in [1.29, 1.82) is 0 Å². The van der Waals surface area contributed by atoms with Crippen LogP contribution in [0.25, 0.3) is 0 Å². The van der Waals surface area contributed by atoms with Crippen molar-refractivity contribution in [2.24, 2.45) is 5.73 Å². The number of nitrogens with two attached hydrogens (primary N) is 1. The second-order valence-corrected chi connectivity index (χ2v) is 5.44. The van der Waals surface area contributed by atoms with Crippen molar-refractivity contribution in [3.8, 4) is 0 Å². The Kier molecular flexibility index (Phi) is 4.92. The van der Waals surface area contributed by atoms with Crippen LogP contribution in [-0.2, 0) is 16.3 Å². The van der Waals surface area contributed by atoms with E-state index in [0.717, 1.165) is 10.8 Å². The molecule has 0 unspecified atom stereocenters. The van der Waals surface area contributed by atoms with Gasteiger partial charge >= 0.3 is 6.09 Å². The highest BCUT2D eigenvalue weighted by Crippen LogP contribution is 2.27. The van der Waals surface area contributed by atoms with Gasteiger partial charge in [0.1, 0.15) is 5.82 Å². The molecule has 9 heteroatoms. The van der Waals surface area contributed by atoms with Crippen molar-refractivity contribution >= 4 is 23.4 Å². The highest BCUT2D eigenvalue weighted by atomic mass is 35.5. The third kappa shape index (κ3) is 4.11. The van der Waals surface area contributed by atoms with Crippen molar-refractivity contribution in [2.75, 3.05) is 5.06 Å². The van der Waals surface area contributed by atoms with Gasteiger partial charge in [0.05, 0.1) is 16.9 Å². The summed E-state index contributed by atoms with van der Waals surface area (Å²) in [7, 11) is 0. The van der Waals surface area contributed by atoms with E-state index in [1.54, 1.807) is 0 Å². The molecule has 0 saturated heterocycles. The normalized spacial score (nSPS) is 13.6. The lowest BCUT2D eigenvalue weighted by Gasteiger charge is -2.19. The van der Waals surface area contributed by atoms with E-state index in [0.29, 0.717) is 5.69 Å². The number of hydrogen-bond acceptors (Lipinski definition) is 6. The molecule has 2 aromatic rings. The molecule has 25 heavy (non-hydrogen) atoms. The number of carbonyl (C=O) groups is 1. The van der Waals surface area contributed by atoms with E-state index in [1.165, 1.54) is 29.5 Å². The Labute approximate surface area is 147 Å². The molecule has 1 amide bonds. The lowest BCUT2D eigenvalue weighted by atomic mass is 10.2. The van der Waals surface area contributed by atoms with Gasteiger partial charge < -0.3 is 11.1 Å². The van der Waals surface area contributed by atoms with Gasteiger partial charge in [-0.05, 0) is 29.0 Å². The lowest BCUT2D eigenvalue weighted by Crippen LogP contribution is -2.34. The average molecular weight is 365 g/mol. The Hall–Kier alpha value is -2.97. The SMILES string of the molecule is NC1=CN(c2ccc(F)c(Cl)c2)ON1OC(=O)NCc1ccccc1. The van der Waals surface area contributed by atoms with E-state index >= 15 is 0 Å². The van der Waals surface area contributed by atoms with Crippen molar-refractivity contribution < 1.29 is 19.0 Å². The number of nitrogens with zero attached hydrogens (tertiary/aromatic N) is 2. The summed E-state index contributed by atoms with van der Waals surface area (Å²) in [4.78, 5) is 22.1. The highest BCUT2D eigenvalue weighted by molar-refractivity contribution is 6.31. The molecule has 1 aliphatic rings. The van der Waals surface area contributed by atoms with Crippen LogP contribution < -0.4 is 16.1 Å². The first kappa shape index (κ1) is 16.9. The van der Waals surface area contributed by atoms with Crippen LogP contribution in [0.15, 0.2) is 60.6 Å². The van der Waals surface area contributed by atoms with Crippen molar-refractivity contribution in [3.63, 3.8) is 0 Å². The number of halogens is 2. The molecular formula is C16H14ClFN4O3. The van der Waals surface area contributed by atoms with Gasteiger partial charge in [-0.3, -0.25) is 4.84 Å². The van der Waals surface area contributed by atoms with Gasteiger partial charge in [-0.1, -0.05) is 41.9 Å². The molecule has 0 aliphatic carbocycles. The van der Waals surface area contributed by atoms with Crippen LogP contribution in [0, 0.1) is 5.82 Å². The summed E-state index contributed by atoms with van der Waals surface area (Å²) in [6, 6.07) is 13.3. The van der Waals surface area contributed by atoms with Crippen molar-refractivity contribution in [1.82, 2.24) is 10.5 Å². The summed E-state index contributed by atoms with van der Waals surface area (Å²) in [5.41, 5.74) is 7.06. The Morgan fingerprint density at radius 2 is 2.04 bits per heavy atom.